The molecule has 0 aliphatic heterocycles. The highest BCUT2D eigenvalue weighted by atomic mass is 28.3. The van der Waals surface area contributed by atoms with Crippen molar-refractivity contribution >= 4 is 9.04 Å². The second-order valence-electron chi connectivity index (χ2n) is 11.7. The highest BCUT2D eigenvalue weighted by molar-refractivity contribution is 6.49. The topological polar surface area (TPSA) is 29.5 Å². The van der Waals surface area contributed by atoms with E-state index in [1.165, 1.54) is 44.1 Å². The lowest BCUT2D eigenvalue weighted by molar-refractivity contribution is -0.0418. The fourth-order valence-corrected chi connectivity index (χ4v) is 7.63. The summed E-state index contributed by atoms with van der Waals surface area (Å²) in [5, 5.41) is 11.6. The first-order valence-electron chi connectivity index (χ1n) is 11.8. The molecule has 2 nitrogen and oxygen atoms in total. The lowest BCUT2D eigenvalue weighted by Crippen LogP contribution is -2.49. The third kappa shape index (κ3) is 4.66. The Labute approximate surface area is 179 Å². The SMILES string of the molecule is C[SiH](C)Oc1ccccc1CC(O)/C(=C\C(C)(C)C)C12CC3CC(CC(C3)C1)C2. The zero-order valence-corrected chi connectivity index (χ0v) is 20.2. The van der Waals surface area contributed by atoms with Gasteiger partial charge in [-0.25, -0.2) is 0 Å². The maximum atomic E-state index is 11.6. The predicted octanol–water partition coefficient (Wildman–Crippen LogP) is 6.14. The number of hydrogen-bond acceptors (Lipinski definition) is 2. The Morgan fingerprint density at radius 2 is 1.66 bits per heavy atom. The molecule has 0 heterocycles. The van der Waals surface area contributed by atoms with Gasteiger partial charge in [0.2, 0.25) is 9.04 Å². The summed E-state index contributed by atoms with van der Waals surface area (Å²) in [5.74, 6) is 3.65. The van der Waals surface area contributed by atoms with Crippen LogP contribution in [0.2, 0.25) is 13.1 Å². The minimum atomic E-state index is -1.18. The first-order chi connectivity index (χ1) is 13.6. The summed E-state index contributed by atoms with van der Waals surface area (Å²) in [6, 6.07) is 8.35. The Balaban J connectivity index is 1.65. The summed E-state index contributed by atoms with van der Waals surface area (Å²) in [6.07, 6.45) is 10.9. The van der Waals surface area contributed by atoms with Crippen LogP contribution in [0.4, 0.5) is 0 Å². The zero-order valence-electron chi connectivity index (χ0n) is 19.1. The van der Waals surface area contributed by atoms with Crippen LogP contribution in [-0.2, 0) is 6.42 Å². The Morgan fingerprint density at radius 1 is 1.10 bits per heavy atom. The van der Waals surface area contributed by atoms with Gasteiger partial charge in [-0.2, -0.15) is 0 Å². The van der Waals surface area contributed by atoms with Gasteiger partial charge in [-0.05, 0) is 97.4 Å². The molecule has 0 aromatic heterocycles. The predicted molar refractivity (Wildman–Crippen MR) is 124 cm³/mol. The van der Waals surface area contributed by atoms with Crippen LogP contribution in [0.25, 0.3) is 0 Å². The Hall–Kier alpha value is -1.06. The maximum Gasteiger partial charge on any atom is 0.229 e. The van der Waals surface area contributed by atoms with Crippen LogP contribution < -0.4 is 4.43 Å². The molecular weight excluding hydrogens is 372 g/mol. The molecule has 4 bridgehead atoms. The van der Waals surface area contributed by atoms with E-state index in [-0.39, 0.29) is 10.8 Å². The van der Waals surface area contributed by atoms with Crippen molar-refractivity contribution in [2.75, 3.05) is 0 Å². The van der Waals surface area contributed by atoms with Gasteiger partial charge in [-0.3, -0.25) is 0 Å². The second kappa shape index (κ2) is 7.89. The molecule has 0 saturated heterocycles. The van der Waals surface area contributed by atoms with Crippen molar-refractivity contribution in [1.82, 2.24) is 0 Å². The third-order valence-corrected chi connectivity index (χ3v) is 8.07. The summed E-state index contributed by atoms with van der Waals surface area (Å²) in [4.78, 5) is 0. The van der Waals surface area contributed by atoms with Crippen molar-refractivity contribution in [2.24, 2.45) is 28.6 Å². The van der Waals surface area contributed by atoms with E-state index in [4.69, 9.17) is 4.43 Å². The molecule has 4 aliphatic carbocycles. The molecule has 0 spiro atoms. The first-order valence-corrected chi connectivity index (χ1v) is 14.6. The van der Waals surface area contributed by atoms with E-state index in [1.54, 1.807) is 0 Å². The maximum absolute atomic E-state index is 11.6. The molecule has 1 aromatic carbocycles. The van der Waals surface area contributed by atoms with E-state index in [0.717, 1.165) is 29.1 Å². The van der Waals surface area contributed by atoms with E-state index < -0.39 is 15.1 Å². The van der Waals surface area contributed by atoms with Gasteiger partial charge in [0.15, 0.2) is 0 Å². The average molecular weight is 413 g/mol. The van der Waals surface area contributed by atoms with Gasteiger partial charge in [0, 0.05) is 6.42 Å². The second-order valence-corrected chi connectivity index (χ2v) is 14.0. The molecule has 4 aliphatic rings. The lowest BCUT2D eigenvalue weighted by atomic mass is 9.47. The van der Waals surface area contributed by atoms with Gasteiger partial charge in [-0.15, -0.1) is 0 Å². The Bertz CT molecular complexity index is 723. The van der Waals surface area contributed by atoms with Crippen molar-refractivity contribution in [3.63, 3.8) is 0 Å². The number of benzene rings is 1. The standard InChI is InChI=1S/C26H40O2Si/c1-25(2,3)17-22(26-14-18-10-19(15-26)12-20(11-18)16-26)23(27)13-21-8-6-7-9-24(21)28-29(4)5/h6-9,17-20,23,27,29H,10-16H2,1-5H3/b22-17+. The Morgan fingerprint density at radius 3 is 2.17 bits per heavy atom. The minimum Gasteiger partial charge on any atom is -0.547 e. The van der Waals surface area contributed by atoms with Crippen LogP contribution in [0.3, 0.4) is 0 Å². The van der Waals surface area contributed by atoms with E-state index in [9.17, 15) is 5.11 Å². The van der Waals surface area contributed by atoms with Crippen molar-refractivity contribution in [1.29, 1.82) is 0 Å². The van der Waals surface area contributed by atoms with Crippen LogP contribution in [0.15, 0.2) is 35.9 Å². The fourth-order valence-electron chi connectivity index (χ4n) is 6.89. The molecule has 1 unspecified atom stereocenters. The minimum absolute atomic E-state index is 0.0838. The highest BCUT2D eigenvalue weighted by Crippen LogP contribution is 2.63. The number of rotatable bonds is 6. The molecule has 5 rings (SSSR count). The van der Waals surface area contributed by atoms with Crippen LogP contribution in [-0.4, -0.2) is 20.3 Å². The summed E-state index contributed by atoms with van der Waals surface area (Å²) in [6.45, 7) is 11.2. The smallest absolute Gasteiger partial charge is 0.229 e. The summed E-state index contributed by atoms with van der Waals surface area (Å²) >= 11 is 0. The van der Waals surface area contributed by atoms with Crippen molar-refractivity contribution in [3.8, 4) is 5.75 Å². The number of aliphatic hydroxyl groups is 1. The summed E-state index contributed by atoms with van der Waals surface area (Å²) in [5.41, 5.74) is 2.83. The molecule has 1 atom stereocenters. The molecule has 4 fully saturated rings. The normalized spacial score (nSPS) is 32.7. The highest BCUT2D eigenvalue weighted by Gasteiger charge is 2.53. The largest absolute Gasteiger partial charge is 0.547 e. The third-order valence-electron chi connectivity index (χ3n) is 7.35. The molecular formula is C26H40O2Si. The van der Waals surface area contributed by atoms with Gasteiger partial charge in [-0.1, -0.05) is 45.0 Å². The molecule has 0 amide bonds. The van der Waals surface area contributed by atoms with Gasteiger partial charge >= 0.3 is 0 Å². The fraction of sp³-hybridized carbons (Fsp3) is 0.692. The van der Waals surface area contributed by atoms with Gasteiger partial charge < -0.3 is 9.53 Å². The van der Waals surface area contributed by atoms with Crippen molar-refractivity contribution in [2.45, 2.75) is 84.9 Å². The zero-order chi connectivity index (χ0) is 20.8. The first kappa shape index (κ1) is 21.2. The molecule has 1 N–H and O–H groups in total. The van der Waals surface area contributed by atoms with Crippen molar-refractivity contribution < 1.29 is 9.53 Å². The van der Waals surface area contributed by atoms with E-state index in [1.807, 2.05) is 6.07 Å². The number of para-hydroxylation sites is 1. The number of aliphatic hydroxyl groups excluding tert-OH is 1. The average Bonchev–Trinajstić information content (AvgIpc) is 2.59. The molecule has 0 radical (unpaired) electrons. The molecule has 1 aromatic rings. The van der Waals surface area contributed by atoms with Crippen LogP contribution in [0.1, 0.15) is 64.9 Å². The van der Waals surface area contributed by atoms with E-state index in [2.05, 4.69) is 58.1 Å². The molecule has 160 valence electrons. The van der Waals surface area contributed by atoms with Crippen molar-refractivity contribution in [3.05, 3.63) is 41.5 Å². The summed E-state index contributed by atoms with van der Waals surface area (Å²) in [7, 11) is -1.18. The van der Waals surface area contributed by atoms with Crippen LogP contribution in [0.5, 0.6) is 5.75 Å². The van der Waals surface area contributed by atoms with Crippen LogP contribution >= 0.6 is 0 Å². The number of allylic oxidation sites excluding steroid dienone is 1. The van der Waals surface area contributed by atoms with Gasteiger partial charge in [0.05, 0.1) is 6.10 Å². The van der Waals surface area contributed by atoms with Crippen LogP contribution in [0, 0.1) is 28.6 Å². The molecule has 3 heteroatoms. The monoisotopic (exact) mass is 412 g/mol. The van der Waals surface area contributed by atoms with E-state index in [0.29, 0.717) is 6.42 Å². The summed E-state index contributed by atoms with van der Waals surface area (Å²) < 4.78 is 6.18. The van der Waals surface area contributed by atoms with E-state index >= 15 is 0 Å². The Kier molecular flexibility index (Phi) is 5.76. The molecule has 4 saturated carbocycles. The molecule has 29 heavy (non-hydrogen) atoms. The lowest BCUT2D eigenvalue weighted by Gasteiger charge is -2.58. The number of hydrogen-bond donors (Lipinski definition) is 1. The quantitative estimate of drug-likeness (QED) is 0.449. The van der Waals surface area contributed by atoms with Gasteiger partial charge in [0.1, 0.15) is 5.75 Å². The van der Waals surface area contributed by atoms with Gasteiger partial charge in [0.25, 0.3) is 0 Å².